The van der Waals surface area contributed by atoms with Crippen LogP contribution in [0.5, 0.6) is 0 Å². The Kier molecular flexibility index (Phi) is 2.89. The van der Waals surface area contributed by atoms with Crippen LogP contribution in [0.4, 0.5) is 0 Å². The van der Waals surface area contributed by atoms with E-state index in [0.29, 0.717) is 0 Å². The summed E-state index contributed by atoms with van der Waals surface area (Å²) < 4.78 is 1.92. The van der Waals surface area contributed by atoms with Crippen molar-refractivity contribution in [1.29, 1.82) is 0 Å². The lowest BCUT2D eigenvalue weighted by molar-refractivity contribution is 0.659. The van der Waals surface area contributed by atoms with Gasteiger partial charge in [-0.25, -0.2) is 0 Å². The fourth-order valence-corrected chi connectivity index (χ4v) is 1.84. The second-order valence-electron chi connectivity index (χ2n) is 3.42. The van der Waals surface area contributed by atoms with Crippen molar-refractivity contribution in [1.82, 2.24) is 15.1 Å². The van der Waals surface area contributed by atoms with E-state index < -0.39 is 0 Å². The Morgan fingerprint density at radius 2 is 2.57 bits per heavy atom. The molecule has 14 heavy (non-hydrogen) atoms. The summed E-state index contributed by atoms with van der Waals surface area (Å²) in [5, 5.41) is 7.61. The molecule has 1 aliphatic rings. The highest BCUT2D eigenvalue weighted by atomic mass is 35.5. The largest absolute Gasteiger partial charge is 0.311 e. The SMILES string of the molecule is CCn1cc(C2=CC(Cl)CNC2)cn1. The Labute approximate surface area is 88.8 Å². The fourth-order valence-electron chi connectivity index (χ4n) is 1.58. The van der Waals surface area contributed by atoms with Gasteiger partial charge >= 0.3 is 0 Å². The second kappa shape index (κ2) is 4.15. The highest BCUT2D eigenvalue weighted by Gasteiger charge is 2.12. The zero-order valence-electron chi connectivity index (χ0n) is 8.20. The number of aromatic nitrogens is 2. The van der Waals surface area contributed by atoms with E-state index in [4.69, 9.17) is 11.6 Å². The summed E-state index contributed by atoms with van der Waals surface area (Å²) in [6, 6.07) is 0. The number of nitrogens with one attached hydrogen (secondary N) is 1. The van der Waals surface area contributed by atoms with Crippen LogP contribution in [0.3, 0.4) is 0 Å². The Bertz CT molecular complexity index is 343. The molecule has 0 aromatic carbocycles. The molecule has 0 fully saturated rings. The molecule has 1 aliphatic heterocycles. The number of rotatable bonds is 2. The molecule has 2 heterocycles. The summed E-state index contributed by atoms with van der Waals surface area (Å²) in [5.41, 5.74) is 2.42. The quantitative estimate of drug-likeness (QED) is 0.752. The van der Waals surface area contributed by atoms with E-state index >= 15 is 0 Å². The predicted molar refractivity (Wildman–Crippen MR) is 58.4 cm³/mol. The molecule has 1 atom stereocenters. The van der Waals surface area contributed by atoms with Crippen molar-refractivity contribution < 1.29 is 0 Å². The monoisotopic (exact) mass is 211 g/mol. The maximum Gasteiger partial charge on any atom is 0.0647 e. The van der Waals surface area contributed by atoms with E-state index in [2.05, 4.69) is 29.6 Å². The van der Waals surface area contributed by atoms with E-state index in [1.165, 1.54) is 11.1 Å². The molecule has 0 amide bonds. The van der Waals surface area contributed by atoms with Crippen LogP contribution >= 0.6 is 11.6 Å². The van der Waals surface area contributed by atoms with Crippen molar-refractivity contribution in [2.45, 2.75) is 18.8 Å². The van der Waals surface area contributed by atoms with Crippen LogP contribution in [0.1, 0.15) is 12.5 Å². The summed E-state index contributed by atoms with van der Waals surface area (Å²) in [6.45, 7) is 4.73. The van der Waals surface area contributed by atoms with Gasteiger partial charge in [0, 0.05) is 31.4 Å². The van der Waals surface area contributed by atoms with Gasteiger partial charge in [0.25, 0.3) is 0 Å². The van der Waals surface area contributed by atoms with Gasteiger partial charge in [0.15, 0.2) is 0 Å². The zero-order chi connectivity index (χ0) is 9.97. The summed E-state index contributed by atoms with van der Waals surface area (Å²) in [4.78, 5) is 0. The number of aryl methyl sites for hydroxylation is 1. The van der Waals surface area contributed by atoms with Gasteiger partial charge < -0.3 is 5.32 Å². The first-order chi connectivity index (χ1) is 6.79. The maximum atomic E-state index is 6.04. The van der Waals surface area contributed by atoms with Crippen molar-refractivity contribution in [3.05, 3.63) is 24.0 Å². The maximum absolute atomic E-state index is 6.04. The van der Waals surface area contributed by atoms with Crippen molar-refractivity contribution in [3.63, 3.8) is 0 Å². The average molecular weight is 212 g/mol. The molecule has 1 unspecified atom stereocenters. The number of hydrogen-bond acceptors (Lipinski definition) is 2. The average Bonchev–Trinajstić information content (AvgIpc) is 2.66. The highest BCUT2D eigenvalue weighted by molar-refractivity contribution is 6.22. The molecule has 1 aromatic rings. The predicted octanol–water partition coefficient (Wildman–Crippen LogP) is 1.50. The molecule has 0 aliphatic carbocycles. The third-order valence-corrected chi connectivity index (χ3v) is 2.65. The Balaban J connectivity index is 2.21. The smallest absolute Gasteiger partial charge is 0.0647 e. The van der Waals surface area contributed by atoms with E-state index in [1.54, 1.807) is 0 Å². The van der Waals surface area contributed by atoms with Crippen LogP contribution < -0.4 is 5.32 Å². The van der Waals surface area contributed by atoms with Gasteiger partial charge in [-0.2, -0.15) is 5.10 Å². The molecule has 3 nitrogen and oxygen atoms in total. The molecule has 76 valence electrons. The van der Waals surface area contributed by atoms with Crippen LogP contribution in [-0.2, 0) is 6.54 Å². The molecule has 0 saturated heterocycles. The normalized spacial score (nSPS) is 22.1. The zero-order valence-corrected chi connectivity index (χ0v) is 8.96. The molecule has 2 rings (SSSR count). The van der Waals surface area contributed by atoms with Gasteiger partial charge in [-0.05, 0) is 12.5 Å². The minimum atomic E-state index is 0.101. The highest BCUT2D eigenvalue weighted by Crippen LogP contribution is 2.18. The van der Waals surface area contributed by atoms with Crippen molar-refractivity contribution in [3.8, 4) is 0 Å². The first kappa shape index (κ1) is 9.74. The van der Waals surface area contributed by atoms with Crippen LogP contribution in [0, 0.1) is 0 Å². The van der Waals surface area contributed by atoms with E-state index in [1.807, 2.05) is 10.9 Å². The lowest BCUT2D eigenvalue weighted by atomic mass is 10.1. The minimum Gasteiger partial charge on any atom is -0.311 e. The molecule has 1 N–H and O–H groups in total. The van der Waals surface area contributed by atoms with Gasteiger partial charge in [-0.15, -0.1) is 11.6 Å². The lowest BCUT2D eigenvalue weighted by Crippen LogP contribution is -2.28. The van der Waals surface area contributed by atoms with E-state index in [-0.39, 0.29) is 5.38 Å². The molecule has 0 spiro atoms. The first-order valence-electron chi connectivity index (χ1n) is 4.88. The van der Waals surface area contributed by atoms with Crippen LogP contribution in [0.2, 0.25) is 0 Å². The van der Waals surface area contributed by atoms with Crippen LogP contribution in [-0.4, -0.2) is 28.2 Å². The van der Waals surface area contributed by atoms with Gasteiger partial charge in [0.05, 0.1) is 11.6 Å². The number of hydrogen-bond donors (Lipinski definition) is 1. The minimum absolute atomic E-state index is 0.101. The fraction of sp³-hybridized carbons (Fsp3) is 0.500. The van der Waals surface area contributed by atoms with Gasteiger partial charge in [-0.1, -0.05) is 6.08 Å². The summed E-state index contributed by atoms with van der Waals surface area (Å²) in [7, 11) is 0. The molecule has 1 aromatic heterocycles. The standard InChI is InChI=1S/C10H14ClN3/c1-2-14-7-9(5-13-14)8-3-10(11)6-12-4-8/h3,5,7,10,12H,2,4,6H2,1H3. The number of halogens is 1. The summed E-state index contributed by atoms with van der Waals surface area (Å²) in [5.74, 6) is 0. The molecule has 4 heteroatoms. The van der Waals surface area contributed by atoms with E-state index in [0.717, 1.165) is 19.6 Å². The van der Waals surface area contributed by atoms with Gasteiger partial charge in [-0.3, -0.25) is 4.68 Å². The Hall–Kier alpha value is -0.800. The molecular weight excluding hydrogens is 198 g/mol. The topological polar surface area (TPSA) is 29.9 Å². The lowest BCUT2D eigenvalue weighted by Gasteiger charge is -2.16. The third-order valence-electron chi connectivity index (χ3n) is 2.36. The van der Waals surface area contributed by atoms with E-state index in [9.17, 15) is 0 Å². The van der Waals surface area contributed by atoms with Gasteiger partial charge in [0.1, 0.15) is 0 Å². The summed E-state index contributed by atoms with van der Waals surface area (Å²) in [6.07, 6.45) is 6.06. The third kappa shape index (κ3) is 1.99. The second-order valence-corrected chi connectivity index (χ2v) is 3.98. The Morgan fingerprint density at radius 3 is 3.21 bits per heavy atom. The molecular formula is C10H14ClN3. The van der Waals surface area contributed by atoms with Crippen LogP contribution in [0.25, 0.3) is 5.57 Å². The van der Waals surface area contributed by atoms with Crippen molar-refractivity contribution in [2.24, 2.45) is 0 Å². The number of nitrogens with zero attached hydrogens (tertiary/aromatic N) is 2. The van der Waals surface area contributed by atoms with Gasteiger partial charge in [0.2, 0.25) is 0 Å². The molecule has 0 bridgehead atoms. The number of alkyl halides is 1. The summed E-state index contributed by atoms with van der Waals surface area (Å²) >= 11 is 6.04. The van der Waals surface area contributed by atoms with Crippen molar-refractivity contribution >= 4 is 17.2 Å². The molecule has 0 saturated carbocycles. The first-order valence-corrected chi connectivity index (χ1v) is 5.31. The van der Waals surface area contributed by atoms with Crippen LogP contribution in [0.15, 0.2) is 18.5 Å². The molecule has 0 radical (unpaired) electrons. The van der Waals surface area contributed by atoms with Crippen molar-refractivity contribution in [2.75, 3.05) is 13.1 Å². The Morgan fingerprint density at radius 1 is 1.71 bits per heavy atom.